The highest BCUT2D eigenvalue weighted by atomic mass is 16.3. The molecule has 7 nitrogen and oxygen atoms in total. The molecular formula is C22H22N4O3. The molecule has 2 amide bonds. The van der Waals surface area contributed by atoms with Gasteiger partial charge in [0.25, 0.3) is 11.8 Å². The molecule has 0 unspecified atom stereocenters. The number of allylic oxidation sites excluding steroid dienone is 1. The van der Waals surface area contributed by atoms with Crippen molar-refractivity contribution in [3.05, 3.63) is 65.8 Å². The van der Waals surface area contributed by atoms with Gasteiger partial charge in [0.1, 0.15) is 11.2 Å². The summed E-state index contributed by atoms with van der Waals surface area (Å²) in [6.07, 6.45) is 3.61. The molecule has 1 saturated heterocycles. The second-order valence-corrected chi connectivity index (χ2v) is 6.72. The van der Waals surface area contributed by atoms with Crippen LogP contribution in [0.15, 0.2) is 59.7 Å². The van der Waals surface area contributed by atoms with E-state index < -0.39 is 11.5 Å². The predicted molar refractivity (Wildman–Crippen MR) is 109 cm³/mol. The maximum absolute atomic E-state index is 12.1. The lowest BCUT2D eigenvalue weighted by Crippen LogP contribution is -2.37. The molecule has 1 fully saturated rings. The first kappa shape index (κ1) is 20.1. The number of hydrogen-bond donors (Lipinski definition) is 2. The number of nitrogens with zero attached hydrogens (tertiary/aromatic N) is 3. The monoisotopic (exact) mass is 390 g/mol. The van der Waals surface area contributed by atoms with Gasteiger partial charge >= 0.3 is 0 Å². The molecule has 1 aromatic carbocycles. The van der Waals surface area contributed by atoms with Crippen LogP contribution in [-0.4, -0.2) is 45.6 Å². The quantitative estimate of drug-likeness (QED) is 0.604. The molecule has 0 spiro atoms. The maximum Gasteiger partial charge on any atom is 0.267 e. The number of amides is 2. The van der Waals surface area contributed by atoms with Gasteiger partial charge in [-0.15, -0.1) is 0 Å². The minimum atomic E-state index is -1.65. The van der Waals surface area contributed by atoms with Crippen LogP contribution in [0.4, 0.5) is 5.69 Å². The number of aliphatic hydroxyl groups is 1. The number of likely N-dealkylation sites (N-methyl/N-ethyl adjacent to an activating group) is 1. The summed E-state index contributed by atoms with van der Waals surface area (Å²) in [6, 6.07) is 12.5. The number of nitrogens with two attached hydrogens (primary N) is 1. The van der Waals surface area contributed by atoms with E-state index in [0.29, 0.717) is 29.0 Å². The first-order valence-electron chi connectivity index (χ1n) is 9.14. The molecule has 3 N–H and O–H groups in total. The van der Waals surface area contributed by atoms with Crippen molar-refractivity contribution in [1.29, 1.82) is 0 Å². The van der Waals surface area contributed by atoms with E-state index in [2.05, 4.69) is 16.8 Å². The Bertz CT molecular complexity index is 1120. The SMILES string of the molecule is C/C=C(/C(N)=O)n1ccccc1=Nc1cccc(C#C[C@]2(O)CCN(C)C2=O)c1. The summed E-state index contributed by atoms with van der Waals surface area (Å²) in [5.41, 5.74) is 5.87. The summed E-state index contributed by atoms with van der Waals surface area (Å²) in [6.45, 7) is 2.20. The van der Waals surface area contributed by atoms with Gasteiger partial charge in [-0.3, -0.25) is 14.2 Å². The zero-order valence-electron chi connectivity index (χ0n) is 16.3. The van der Waals surface area contributed by atoms with Crippen molar-refractivity contribution < 1.29 is 14.7 Å². The lowest BCUT2D eigenvalue weighted by molar-refractivity contribution is -0.137. The van der Waals surface area contributed by atoms with Gasteiger partial charge in [-0.2, -0.15) is 0 Å². The molecule has 1 aromatic heterocycles. The van der Waals surface area contributed by atoms with E-state index in [0.717, 1.165) is 0 Å². The van der Waals surface area contributed by atoms with Gasteiger partial charge in [-0.1, -0.05) is 30.0 Å². The van der Waals surface area contributed by atoms with Crippen molar-refractivity contribution in [2.75, 3.05) is 13.6 Å². The number of primary amides is 1. The number of pyridine rings is 1. The van der Waals surface area contributed by atoms with E-state index in [1.165, 1.54) is 4.90 Å². The minimum Gasteiger partial charge on any atom is -0.369 e. The molecule has 1 aliphatic heterocycles. The lowest BCUT2D eigenvalue weighted by Gasteiger charge is -2.13. The third-order valence-electron chi connectivity index (χ3n) is 4.64. The maximum atomic E-state index is 12.1. The van der Waals surface area contributed by atoms with Crippen LogP contribution in [0.2, 0.25) is 0 Å². The zero-order valence-corrected chi connectivity index (χ0v) is 16.3. The molecule has 29 heavy (non-hydrogen) atoms. The van der Waals surface area contributed by atoms with E-state index in [-0.39, 0.29) is 12.3 Å². The van der Waals surface area contributed by atoms with Crippen molar-refractivity contribution in [3.8, 4) is 11.8 Å². The standard InChI is InChI=1S/C22H22N4O3/c1-3-18(20(23)27)26-13-5-4-9-19(26)24-17-8-6-7-16(15-17)10-11-22(29)12-14-25(2)21(22)28/h3-9,13,15,29H,12,14H2,1-2H3,(H2,23,27)/b18-3-,24-19?/t22-/m0/s1. The number of likely N-dealkylation sites (tertiary alicyclic amines) is 1. The lowest BCUT2D eigenvalue weighted by atomic mass is 10.0. The van der Waals surface area contributed by atoms with Crippen LogP contribution in [0.5, 0.6) is 0 Å². The van der Waals surface area contributed by atoms with E-state index in [9.17, 15) is 14.7 Å². The largest absolute Gasteiger partial charge is 0.369 e. The number of rotatable bonds is 3. The third kappa shape index (κ3) is 4.28. The van der Waals surface area contributed by atoms with Crippen molar-refractivity contribution in [1.82, 2.24) is 9.47 Å². The first-order chi connectivity index (χ1) is 13.8. The molecule has 0 aliphatic carbocycles. The minimum absolute atomic E-state index is 0.280. The fourth-order valence-corrected chi connectivity index (χ4v) is 3.06. The van der Waals surface area contributed by atoms with Crippen LogP contribution >= 0.6 is 0 Å². The smallest absolute Gasteiger partial charge is 0.267 e. The average molecular weight is 390 g/mol. The highest BCUT2D eigenvalue weighted by Crippen LogP contribution is 2.21. The van der Waals surface area contributed by atoms with Crippen LogP contribution in [-0.2, 0) is 9.59 Å². The van der Waals surface area contributed by atoms with Crippen molar-refractivity contribution >= 4 is 23.2 Å². The Morgan fingerprint density at radius 2 is 2.10 bits per heavy atom. The zero-order chi connectivity index (χ0) is 21.0. The molecule has 0 radical (unpaired) electrons. The molecular weight excluding hydrogens is 368 g/mol. The molecule has 2 heterocycles. The molecule has 0 saturated carbocycles. The van der Waals surface area contributed by atoms with E-state index >= 15 is 0 Å². The molecule has 3 rings (SSSR count). The van der Waals surface area contributed by atoms with Crippen molar-refractivity contribution in [2.45, 2.75) is 18.9 Å². The normalized spacial score (nSPS) is 19.8. The van der Waals surface area contributed by atoms with Gasteiger partial charge in [-0.05, 0) is 37.3 Å². The van der Waals surface area contributed by atoms with Gasteiger partial charge in [0.2, 0.25) is 5.60 Å². The second-order valence-electron chi connectivity index (χ2n) is 6.72. The summed E-state index contributed by atoms with van der Waals surface area (Å²) in [5, 5.41) is 10.4. The highest BCUT2D eigenvalue weighted by Gasteiger charge is 2.42. The number of aromatic nitrogens is 1. The second kappa shape index (κ2) is 8.17. The molecule has 0 bridgehead atoms. The Hall–Kier alpha value is -3.63. The molecule has 1 aliphatic rings. The summed E-state index contributed by atoms with van der Waals surface area (Å²) >= 11 is 0. The van der Waals surface area contributed by atoms with Gasteiger partial charge in [0, 0.05) is 31.8 Å². The summed E-state index contributed by atoms with van der Waals surface area (Å²) in [5.74, 6) is 4.62. The molecule has 2 aromatic rings. The third-order valence-corrected chi connectivity index (χ3v) is 4.64. The van der Waals surface area contributed by atoms with Crippen LogP contribution in [0.3, 0.4) is 0 Å². The van der Waals surface area contributed by atoms with Gasteiger partial charge in [0.05, 0.1) is 5.69 Å². The van der Waals surface area contributed by atoms with Crippen molar-refractivity contribution in [2.24, 2.45) is 10.7 Å². The van der Waals surface area contributed by atoms with Crippen LogP contribution in [0.25, 0.3) is 5.70 Å². The topological polar surface area (TPSA) is 101 Å². The van der Waals surface area contributed by atoms with E-state index in [4.69, 9.17) is 5.73 Å². The number of carbonyl (C=O) groups is 2. The van der Waals surface area contributed by atoms with E-state index in [1.807, 2.05) is 6.07 Å². The Kier molecular flexibility index (Phi) is 5.66. The Morgan fingerprint density at radius 1 is 1.31 bits per heavy atom. The number of carbonyl (C=O) groups excluding carboxylic acids is 2. The van der Waals surface area contributed by atoms with Crippen LogP contribution < -0.4 is 11.2 Å². The van der Waals surface area contributed by atoms with Crippen LogP contribution in [0, 0.1) is 11.8 Å². The summed E-state index contributed by atoms with van der Waals surface area (Å²) in [7, 11) is 1.64. The van der Waals surface area contributed by atoms with E-state index in [1.54, 1.807) is 67.2 Å². The fraction of sp³-hybridized carbons (Fsp3) is 0.227. The fourth-order valence-electron chi connectivity index (χ4n) is 3.06. The highest BCUT2D eigenvalue weighted by molar-refractivity contribution is 6.12. The molecule has 1 atom stereocenters. The summed E-state index contributed by atoms with van der Waals surface area (Å²) < 4.78 is 1.61. The average Bonchev–Trinajstić information content (AvgIpc) is 2.96. The Balaban J connectivity index is 1.98. The van der Waals surface area contributed by atoms with Gasteiger partial charge in [0.15, 0.2) is 0 Å². The molecule has 148 valence electrons. The number of benzene rings is 1. The van der Waals surface area contributed by atoms with Gasteiger partial charge < -0.3 is 15.7 Å². The van der Waals surface area contributed by atoms with Crippen LogP contribution in [0.1, 0.15) is 18.9 Å². The number of hydrogen-bond acceptors (Lipinski definition) is 4. The van der Waals surface area contributed by atoms with Crippen molar-refractivity contribution in [3.63, 3.8) is 0 Å². The first-order valence-corrected chi connectivity index (χ1v) is 9.14. The molecule has 7 heteroatoms. The predicted octanol–water partition coefficient (Wildman–Crippen LogP) is 1.01. The van der Waals surface area contributed by atoms with Gasteiger partial charge in [-0.25, -0.2) is 4.99 Å². The Labute approximate surface area is 168 Å². The summed E-state index contributed by atoms with van der Waals surface area (Å²) in [4.78, 5) is 29.8. The Morgan fingerprint density at radius 3 is 2.76 bits per heavy atom.